The molecule has 2 N–H and O–H groups in total. The van der Waals surface area contributed by atoms with Crippen LogP contribution in [0.2, 0.25) is 0 Å². The molecule has 0 saturated heterocycles. The molecular formula is C6H4BrFN2O2. The highest BCUT2D eigenvalue weighted by molar-refractivity contribution is 9.10. The molecule has 0 aliphatic carbocycles. The molecular weight excluding hydrogens is 231 g/mol. The zero-order valence-corrected chi connectivity index (χ0v) is 7.34. The summed E-state index contributed by atoms with van der Waals surface area (Å²) >= 11 is 2.82. The van der Waals surface area contributed by atoms with Crippen molar-refractivity contribution in [3.8, 4) is 5.88 Å². The number of hydrogen-bond donors (Lipinski definition) is 1. The van der Waals surface area contributed by atoms with Gasteiger partial charge in [-0.1, -0.05) is 0 Å². The molecule has 0 aromatic carbocycles. The van der Waals surface area contributed by atoms with Gasteiger partial charge in [0.05, 0.1) is 0 Å². The zero-order chi connectivity index (χ0) is 9.14. The minimum Gasteiger partial charge on any atom is -0.391 e. The fraction of sp³-hybridized carbons (Fsp3) is 0. The van der Waals surface area contributed by atoms with Gasteiger partial charge in [-0.25, -0.2) is 14.2 Å². The van der Waals surface area contributed by atoms with E-state index in [1.807, 2.05) is 0 Å². The van der Waals surface area contributed by atoms with Crippen LogP contribution in [0, 0.1) is 5.82 Å². The average molecular weight is 235 g/mol. The number of pyridine rings is 1. The van der Waals surface area contributed by atoms with Gasteiger partial charge in [0, 0.05) is 6.07 Å². The molecule has 0 radical (unpaired) electrons. The number of amides is 1. The van der Waals surface area contributed by atoms with Crippen LogP contribution in [0.5, 0.6) is 5.88 Å². The molecule has 12 heavy (non-hydrogen) atoms. The van der Waals surface area contributed by atoms with Crippen LogP contribution in [-0.2, 0) is 0 Å². The summed E-state index contributed by atoms with van der Waals surface area (Å²) in [5.41, 5.74) is 4.70. The molecule has 1 heterocycles. The van der Waals surface area contributed by atoms with E-state index in [1.165, 1.54) is 6.07 Å². The summed E-state index contributed by atoms with van der Waals surface area (Å²) < 4.78 is 16.9. The van der Waals surface area contributed by atoms with Crippen molar-refractivity contribution in [3.63, 3.8) is 0 Å². The van der Waals surface area contributed by atoms with Gasteiger partial charge < -0.3 is 10.5 Å². The quantitative estimate of drug-likeness (QED) is 0.749. The lowest BCUT2D eigenvalue weighted by atomic mass is 10.5. The van der Waals surface area contributed by atoms with Crippen LogP contribution >= 0.6 is 15.9 Å². The van der Waals surface area contributed by atoms with Gasteiger partial charge in [-0.2, -0.15) is 0 Å². The molecule has 0 atom stereocenters. The van der Waals surface area contributed by atoms with Crippen molar-refractivity contribution in [2.75, 3.05) is 0 Å². The van der Waals surface area contributed by atoms with Gasteiger partial charge in [-0.05, 0) is 22.0 Å². The molecule has 0 saturated carbocycles. The summed E-state index contributed by atoms with van der Waals surface area (Å²) in [6.07, 6.45) is -0.985. The molecule has 0 bridgehead atoms. The van der Waals surface area contributed by atoms with Crippen LogP contribution in [0.4, 0.5) is 9.18 Å². The Morgan fingerprint density at radius 3 is 2.83 bits per heavy atom. The first kappa shape index (κ1) is 8.92. The summed E-state index contributed by atoms with van der Waals surface area (Å²) in [7, 11) is 0. The van der Waals surface area contributed by atoms with E-state index in [-0.39, 0.29) is 10.5 Å². The first-order valence-electron chi connectivity index (χ1n) is 2.89. The molecule has 64 valence electrons. The predicted octanol–water partition coefficient (Wildman–Crippen LogP) is 1.44. The Morgan fingerprint density at radius 2 is 2.33 bits per heavy atom. The highest BCUT2D eigenvalue weighted by atomic mass is 79.9. The van der Waals surface area contributed by atoms with Crippen molar-refractivity contribution in [2.45, 2.75) is 0 Å². The second kappa shape index (κ2) is 3.48. The van der Waals surface area contributed by atoms with Crippen molar-refractivity contribution in [1.29, 1.82) is 0 Å². The van der Waals surface area contributed by atoms with Gasteiger partial charge in [0.25, 0.3) is 0 Å². The lowest BCUT2D eigenvalue weighted by Crippen LogP contribution is -2.16. The normalized spacial score (nSPS) is 9.50. The number of rotatable bonds is 1. The number of carbonyl (C=O) groups is 1. The first-order valence-corrected chi connectivity index (χ1v) is 3.68. The van der Waals surface area contributed by atoms with Crippen molar-refractivity contribution >= 4 is 22.0 Å². The predicted molar refractivity (Wildman–Crippen MR) is 42.1 cm³/mol. The number of ether oxygens (including phenoxy) is 1. The molecule has 0 unspecified atom stereocenters. The van der Waals surface area contributed by atoms with E-state index in [9.17, 15) is 9.18 Å². The number of primary amides is 1. The first-order chi connectivity index (χ1) is 5.59. The Kier molecular flexibility index (Phi) is 2.59. The molecule has 6 heteroatoms. The lowest BCUT2D eigenvalue weighted by Gasteiger charge is -1.99. The van der Waals surface area contributed by atoms with Gasteiger partial charge in [0.1, 0.15) is 4.60 Å². The second-order valence-corrected chi connectivity index (χ2v) is 2.59. The number of nitrogens with two attached hydrogens (primary N) is 1. The summed E-state index contributed by atoms with van der Waals surface area (Å²) in [6, 6.07) is 2.31. The smallest absolute Gasteiger partial charge is 0.391 e. The Hall–Kier alpha value is -1.17. The van der Waals surface area contributed by atoms with Crippen LogP contribution in [0.1, 0.15) is 0 Å². The Bertz CT molecular complexity index is 318. The number of aromatic nitrogens is 1. The third kappa shape index (κ3) is 2.16. The van der Waals surface area contributed by atoms with Crippen LogP contribution in [0.15, 0.2) is 16.7 Å². The van der Waals surface area contributed by atoms with Crippen molar-refractivity contribution in [3.05, 3.63) is 22.6 Å². The molecule has 1 aromatic rings. The van der Waals surface area contributed by atoms with Crippen LogP contribution in [-0.4, -0.2) is 11.1 Å². The number of nitrogens with zero attached hydrogens (tertiary/aromatic N) is 1. The SMILES string of the molecule is NC(=O)Oc1ccc(F)c(Br)n1. The third-order valence-corrected chi connectivity index (χ3v) is 1.54. The molecule has 0 aliphatic rings. The van der Waals surface area contributed by atoms with Gasteiger partial charge in [-0.15, -0.1) is 0 Å². The Morgan fingerprint density at radius 1 is 1.67 bits per heavy atom. The summed E-state index contributed by atoms with van der Waals surface area (Å²) in [5.74, 6) is -0.581. The van der Waals surface area contributed by atoms with E-state index in [0.717, 1.165) is 6.07 Å². The lowest BCUT2D eigenvalue weighted by molar-refractivity contribution is 0.209. The fourth-order valence-corrected chi connectivity index (χ4v) is 0.867. The Balaban J connectivity index is 2.89. The molecule has 0 fully saturated rings. The summed E-state index contributed by atoms with van der Waals surface area (Å²) in [4.78, 5) is 13.7. The van der Waals surface area contributed by atoms with E-state index >= 15 is 0 Å². The summed E-state index contributed by atoms with van der Waals surface area (Å²) in [5, 5.41) is 0. The largest absolute Gasteiger partial charge is 0.411 e. The number of halogens is 2. The molecule has 1 rings (SSSR count). The van der Waals surface area contributed by atoms with Gasteiger partial charge in [0.15, 0.2) is 5.82 Å². The molecule has 1 aromatic heterocycles. The topological polar surface area (TPSA) is 65.2 Å². The maximum atomic E-state index is 12.6. The minimum atomic E-state index is -0.985. The average Bonchev–Trinajstić information content (AvgIpc) is 1.96. The van der Waals surface area contributed by atoms with Crippen LogP contribution in [0.3, 0.4) is 0 Å². The molecule has 0 aliphatic heterocycles. The Labute approximate surface area is 75.7 Å². The van der Waals surface area contributed by atoms with Crippen molar-refractivity contribution < 1.29 is 13.9 Å². The molecule has 4 nitrogen and oxygen atoms in total. The van der Waals surface area contributed by atoms with Crippen molar-refractivity contribution in [1.82, 2.24) is 4.98 Å². The maximum absolute atomic E-state index is 12.6. The molecule has 1 amide bonds. The molecule has 0 spiro atoms. The summed E-state index contributed by atoms with van der Waals surface area (Å²) in [6.45, 7) is 0. The van der Waals surface area contributed by atoms with E-state index < -0.39 is 11.9 Å². The number of carbonyl (C=O) groups excluding carboxylic acids is 1. The minimum absolute atomic E-state index is 0.0266. The van der Waals surface area contributed by atoms with Gasteiger partial charge in [0.2, 0.25) is 5.88 Å². The van der Waals surface area contributed by atoms with Gasteiger partial charge in [-0.3, -0.25) is 0 Å². The highest BCUT2D eigenvalue weighted by Gasteiger charge is 2.04. The number of hydrogen-bond acceptors (Lipinski definition) is 3. The van der Waals surface area contributed by atoms with Crippen LogP contribution < -0.4 is 10.5 Å². The van der Waals surface area contributed by atoms with E-state index in [0.29, 0.717) is 0 Å². The van der Waals surface area contributed by atoms with Gasteiger partial charge >= 0.3 is 6.09 Å². The van der Waals surface area contributed by atoms with Crippen LogP contribution in [0.25, 0.3) is 0 Å². The zero-order valence-electron chi connectivity index (χ0n) is 5.75. The van der Waals surface area contributed by atoms with E-state index in [4.69, 9.17) is 5.73 Å². The standard InChI is InChI=1S/C6H4BrFN2O2/c7-5-3(8)1-2-4(10-5)12-6(9)11/h1-2H,(H2,9,11). The monoisotopic (exact) mass is 234 g/mol. The van der Waals surface area contributed by atoms with E-state index in [2.05, 4.69) is 25.7 Å². The maximum Gasteiger partial charge on any atom is 0.411 e. The highest BCUT2D eigenvalue weighted by Crippen LogP contribution is 2.16. The third-order valence-electron chi connectivity index (χ3n) is 0.983. The fourth-order valence-electron chi connectivity index (χ4n) is 0.561. The van der Waals surface area contributed by atoms with Crippen molar-refractivity contribution in [2.24, 2.45) is 5.73 Å². The van der Waals surface area contributed by atoms with E-state index in [1.54, 1.807) is 0 Å². The second-order valence-electron chi connectivity index (χ2n) is 1.84.